The number of carbonyl (C=O) groups excluding carboxylic acids is 1. The Bertz CT molecular complexity index is 1170. The van der Waals surface area contributed by atoms with E-state index >= 15 is 0 Å². The Hall–Kier alpha value is -2.94. The Morgan fingerprint density at radius 1 is 0.923 bits per heavy atom. The fourth-order valence-electron chi connectivity index (χ4n) is 6.29. The predicted octanol–water partition coefficient (Wildman–Crippen LogP) is 3.52. The molecule has 3 atom stereocenters. The normalized spacial score (nSPS) is 24.3. The predicted molar refractivity (Wildman–Crippen MR) is 151 cm³/mol. The summed E-state index contributed by atoms with van der Waals surface area (Å²) in [7, 11) is 0. The van der Waals surface area contributed by atoms with Crippen LogP contribution in [0.2, 0.25) is 0 Å². The van der Waals surface area contributed by atoms with Gasteiger partial charge in [0.15, 0.2) is 0 Å². The van der Waals surface area contributed by atoms with E-state index in [4.69, 9.17) is 5.11 Å². The molecule has 1 amide bonds. The quantitative estimate of drug-likeness (QED) is 0.536. The van der Waals surface area contributed by atoms with Gasteiger partial charge < -0.3 is 15.1 Å². The van der Waals surface area contributed by atoms with E-state index in [1.165, 1.54) is 19.4 Å². The van der Waals surface area contributed by atoms with Crippen LogP contribution in [0.3, 0.4) is 0 Å². The van der Waals surface area contributed by atoms with Gasteiger partial charge in [0.25, 0.3) is 5.91 Å². The number of piperazine rings is 1. The first-order valence-corrected chi connectivity index (χ1v) is 14.4. The summed E-state index contributed by atoms with van der Waals surface area (Å²) in [5, 5.41) is 19.5. The number of phenolic OH excluding ortho intramolecular Hbond substituents is 1. The van der Waals surface area contributed by atoms with Gasteiger partial charge in [0, 0.05) is 63.5 Å². The highest BCUT2D eigenvalue weighted by molar-refractivity contribution is 5.94. The molecule has 8 heteroatoms. The number of hydrogen-bond donors (Lipinski definition) is 2. The molecule has 2 saturated heterocycles. The zero-order valence-electron chi connectivity index (χ0n) is 23.2. The second-order valence-electron chi connectivity index (χ2n) is 11.7. The van der Waals surface area contributed by atoms with Crippen LogP contribution in [0, 0.1) is 5.92 Å². The second kappa shape index (κ2) is 12.1. The van der Waals surface area contributed by atoms with Crippen molar-refractivity contribution in [2.45, 2.75) is 51.2 Å². The molecule has 3 fully saturated rings. The van der Waals surface area contributed by atoms with Crippen LogP contribution in [0.5, 0.6) is 5.75 Å². The number of amides is 1. The Labute approximate surface area is 231 Å². The summed E-state index contributed by atoms with van der Waals surface area (Å²) in [6, 6.07) is 16.1. The van der Waals surface area contributed by atoms with Crippen LogP contribution in [0.4, 0.5) is 0 Å². The molecule has 0 radical (unpaired) electrons. The first-order valence-electron chi connectivity index (χ1n) is 14.4. The van der Waals surface area contributed by atoms with Crippen LogP contribution in [0.1, 0.15) is 60.6 Å². The van der Waals surface area contributed by atoms with E-state index in [1.807, 2.05) is 40.1 Å². The standard InChI is InChI=1S/C31H42N4O4/c1-22-19-35(23(2)18-34(22)20-24-10-11-24)30(26-7-4-9-28(36)17-26)25-6-3-8-27(16-25)31(39)33-13-5-12-32(14-15-33)21-29(37)38/h3-4,6-9,16-17,22-24,30,36H,5,10-15,18-21H2,1-2H3,(H,37,38)/t22-,23+,30?/m1/s1. The molecule has 2 N–H and O–H groups in total. The molecule has 2 aromatic carbocycles. The average Bonchev–Trinajstić information content (AvgIpc) is 3.74. The van der Waals surface area contributed by atoms with Gasteiger partial charge in [-0.1, -0.05) is 24.3 Å². The highest BCUT2D eigenvalue weighted by Crippen LogP contribution is 2.37. The van der Waals surface area contributed by atoms with Crippen molar-refractivity contribution in [1.82, 2.24) is 19.6 Å². The molecule has 0 spiro atoms. The molecule has 0 aromatic heterocycles. The molecule has 1 aliphatic carbocycles. The minimum atomic E-state index is -0.836. The molecule has 2 aromatic rings. The number of hydrogen-bond acceptors (Lipinski definition) is 6. The van der Waals surface area contributed by atoms with Crippen molar-refractivity contribution in [2.24, 2.45) is 5.92 Å². The monoisotopic (exact) mass is 534 g/mol. The summed E-state index contributed by atoms with van der Waals surface area (Å²) < 4.78 is 0. The van der Waals surface area contributed by atoms with Gasteiger partial charge >= 0.3 is 5.97 Å². The van der Waals surface area contributed by atoms with Crippen molar-refractivity contribution < 1.29 is 19.8 Å². The van der Waals surface area contributed by atoms with Crippen LogP contribution >= 0.6 is 0 Å². The Kier molecular flexibility index (Phi) is 8.54. The smallest absolute Gasteiger partial charge is 0.317 e. The Balaban J connectivity index is 1.39. The highest BCUT2D eigenvalue weighted by Gasteiger charge is 2.37. The lowest BCUT2D eigenvalue weighted by atomic mass is 9.92. The molecule has 0 bridgehead atoms. The lowest BCUT2D eigenvalue weighted by Crippen LogP contribution is -2.57. The van der Waals surface area contributed by atoms with Gasteiger partial charge in [-0.3, -0.25) is 24.3 Å². The van der Waals surface area contributed by atoms with Crippen molar-refractivity contribution in [3.05, 3.63) is 65.2 Å². The minimum absolute atomic E-state index is 0.00758. The maximum Gasteiger partial charge on any atom is 0.317 e. The summed E-state index contributed by atoms with van der Waals surface area (Å²) in [5.41, 5.74) is 2.72. The number of carboxylic acid groups (broad SMARTS) is 1. The molecule has 8 nitrogen and oxygen atoms in total. The lowest BCUT2D eigenvalue weighted by Gasteiger charge is -2.48. The van der Waals surface area contributed by atoms with Crippen molar-refractivity contribution in [3.8, 4) is 5.75 Å². The third-order valence-corrected chi connectivity index (χ3v) is 8.55. The molecule has 2 aliphatic heterocycles. The Morgan fingerprint density at radius 3 is 2.38 bits per heavy atom. The topological polar surface area (TPSA) is 87.6 Å². The van der Waals surface area contributed by atoms with E-state index in [0.717, 1.165) is 36.6 Å². The molecule has 39 heavy (non-hydrogen) atoms. The number of carboxylic acids is 1. The average molecular weight is 535 g/mol. The van der Waals surface area contributed by atoms with Gasteiger partial charge in [-0.15, -0.1) is 0 Å². The number of nitrogens with zero attached hydrogens (tertiary/aromatic N) is 4. The summed E-state index contributed by atoms with van der Waals surface area (Å²) in [4.78, 5) is 33.7. The molecule has 5 rings (SSSR count). The van der Waals surface area contributed by atoms with Crippen molar-refractivity contribution in [2.75, 3.05) is 52.4 Å². The van der Waals surface area contributed by atoms with E-state index in [9.17, 15) is 14.7 Å². The maximum atomic E-state index is 13.6. The largest absolute Gasteiger partial charge is 0.508 e. The summed E-state index contributed by atoms with van der Waals surface area (Å²) in [6.45, 7) is 10.1. The molecular weight excluding hydrogens is 492 g/mol. The van der Waals surface area contributed by atoms with Crippen LogP contribution in [-0.2, 0) is 4.79 Å². The lowest BCUT2D eigenvalue weighted by molar-refractivity contribution is -0.138. The SMILES string of the molecule is C[C@@H]1CN(C(c2cccc(O)c2)c2cccc(C(=O)N3CCCN(CC(=O)O)CC3)c2)[C@@H](C)CN1CC1CC1. The third kappa shape index (κ3) is 6.80. The first-order chi connectivity index (χ1) is 18.8. The molecule has 2 heterocycles. The van der Waals surface area contributed by atoms with Crippen LogP contribution < -0.4 is 0 Å². The number of aromatic hydroxyl groups is 1. The second-order valence-corrected chi connectivity index (χ2v) is 11.7. The molecule has 3 aliphatic rings. The fraction of sp³-hybridized carbons (Fsp3) is 0.548. The first kappa shape index (κ1) is 27.6. The van der Waals surface area contributed by atoms with Crippen molar-refractivity contribution >= 4 is 11.9 Å². The number of benzene rings is 2. The number of carbonyl (C=O) groups is 2. The molecular formula is C31H42N4O4. The molecule has 1 saturated carbocycles. The van der Waals surface area contributed by atoms with E-state index in [0.29, 0.717) is 43.8 Å². The van der Waals surface area contributed by atoms with Gasteiger partial charge in [-0.2, -0.15) is 0 Å². The van der Waals surface area contributed by atoms with E-state index < -0.39 is 5.97 Å². The molecule has 1 unspecified atom stereocenters. The van der Waals surface area contributed by atoms with Gasteiger partial charge in [0.05, 0.1) is 12.6 Å². The van der Waals surface area contributed by atoms with Gasteiger partial charge in [-0.05, 0) is 74.4 Å². The van der Waals surface area contributed by atoms with Crippen LogP contribution in [-0.4, -0.2) is 106 Å². The summed E-state index contributed by atoms with van der Waals surface area (Å²) >= 11 is 0. The van der Waals surface area contributed by atoms with Crippen LogP contribution in [0.25, 0.3) is 0 Å². The third-order valence-electron chi connectivity index (χ3n) is 8.55. The zero-order valence-corrected chi connectivity index (χ0v) is 23.2. The highest BCUT2D eigenvalue weighted by atomic mass is 16.4. The number of aliphatic carboxylic acids is 1. The maximum absolute atomic E-state index is 13.6. The minimum Gasteiger partial charge on any atom is -0.508 e. The van der Waals surface area contributed by atoms with Crippen molar-refractivity contribution in [1.29, 1.82) is 0 Å². The molecule has 210 valence electrons. The number of phenols is 1. The van der Waals surface area contributed by atoms with E-state index in [-0.39, 0.29) is 24.2 Å². The summed E-state index contributed by atoms with van der Waals surface area (Å²) in [6.07, 6.45) is 3.45. The fourth-order valence-corrected chi connectivity index (χ4v) is 6.29. The Morgan fingerprint density at radius 2 is 1.67 bits per heavy atom. The van der Waals surface area contributed by atoms with Crippen molar-refractivity contribution in [3.63, 3.8) is 0 Å². The van der Waals surface area contributed by atoms with Gasteiger partial charge in [-0.25, -0.2) is 0 Å². The van der Waals surface area contributed by atoms with Crippen LogP contribution in [0.15, 0.2) is 48.5 Å². The van der Waals surface area contributed by atoms with E-state index in [1.54, 1.807) is 6.07 Å². The van der Waals surface area contributed by atoms with E-state index in [2.05, 4.69) is 35.8 Å². The van der Waals surface area contributed by atoms with Gasteiger partial charge in [0.1, 0.15) is 5.75 Å². The summed E-state index contributed by atoms with van der Waals surface area (Å²) in [5.74, 6) is 0.246. The zero-order chi connectivity index (χ0) is 27.5. The number of rotatable bonds is 8. The van der Waals surface area contributed by atoms with Gasteiger partial charge in [0.2, 0.25) is 0 Å².